The van der Waals surface area contributed by atoms with Crippen molar-refractivity contribution < 1.29 is 13.5 Å². The second kappa shape index (κ2) is 9.05. The van der Waals surface area contributed by atoms with Crippen molar-refractivity contribution in [3.05, 3.63) is 71.6 Å². The monoisotopic (exact) mass is 463 g/mol. The molecule has 2 aromatic heterocycles. The molecule has 34 heavy (non-hydrogen) atoms. The summed E-state index contributed by atoms with van der Waals surface area (Å²) in [6, 6.07) is 12.5. The molecule has 10 heteroatoms. The van der Waals surface area contributed by atoms with E-state index in [-0.39, 0.29) is 5.92 Å². The minimum atomic E-state index is -0.627. The Kier molecular flexibility index (Phi) is 5.79. The van der Waals surface area contributed by atoms with Gasteiger partial charge in [-0.3, -0.25) is 5.10 Å². The van der Waals surface area contributed by atoms with Crippen LogP contribution in [0.1, 0.15) is 43.1 Å². The lowest BCUT2D eigenvalue weighted by atomic mass is 10.1. The largest absolute Gasteiger partial charge is 0.497 e. The summed E-state index contributed by atoms with van der Waals surface area (Å²) in [5.41, 5.74) is 2.09. The summed E-state index contributed by atoms with van der Waals surface area (Å²) in [6.07, 6.45) is 2.02. The van der Waals surface area contributed by atoms with Crippen LogP contribution in [-0.2, 0) is 0 Å². The summed E-state index contributed by atoms with van der Waals surface area (Å²) in [7, 11) is 1.62. The van der Waals surface area contributed by atoms with Gasteiger partial charge in [0.2, 0.25) is 11.9 Å². The molecule has 0 aliphatic heterocycles. The van der Waals surface area contributed by atoms with Crippen LogP contribution in [0.2, 0.25) is 0 Å². The summed E-state index contributed by atoms with van der Waals surface area (Å²) >= 11 is 0. The molecule has 0 spiro atoms. The van der Waals surface area contributed by atoms with Gasteiger partial charge in [0.25, 0.3) is 0 Å². The highest BCUT2D eigenvalue weighted by molar-refractivity contribution is 5.65. The Morgan fingerprint density at radius 2 is 1.76 bits per heavy atom. The molecular weight excluding hydrogens is 440 g/mol. The zero-order valence-corrected chi connectivity index (χ0v) is 18.6. The van der Waals surface area contributed by atoms with Crippen LogP contribution in [0.4, 0.5) is 26.5 Å². The summed E-state index contributed by atoms with van der Waals surface area (Å²) in [5, 5.41) is 13.5. The SMILES string of the molecule is COc1ccc(-c2cc(Nc3nc(NC(C)c4ccc(F)cc4F)nc(C4CC4)n3)n[nH]2)cc1. The van der Waals surface area contributed by atoms with E-state index in [4.69, 9.17) is 4.74 Å². The molecule has 0 amide bonds. The molecule has 0 bridgehead atoms. The second-order valence-corrected chi connectivity index (χ2v) is 8.17. The predicted molar refractivity (Wildman–Crippen MR) is 124 cm³/mol. The predicted octanol–water partition coefficient (Wildman–Crippen LogP) is 5.34. The van der Waals surface area contributed by atoms with E-state index >= 15 is 0 Å². The number of rotatable bonds is 8. The van der Waals surface area contributed by atoms with Crippen LogP contribution in [0.5, 0.6) is 5.75 Å². The van der Waals surface area contributed by atoms with E-state index in [1.165, 1.54) is 12.1 Å². The molecule has 1 aliphatic carbocycles. The molecule has 0 radical (unpaired) electrons. The summed E-state index contributed by atoms with van der Waals surface area (Å²) in [4.78, 5) is 13.5. The molecule has 174 valence electrons. The van der Waals surface area contributed by atoms with Crippen LogP contribution in [-0.4, -0.2) is 32.3 Å². The lowest BCUT2D eigenvalue weighted by Crippen LogP contribution is -2.14. The van der Waals surface area contributed by atoms with Gasteiger partial charge in [0.15, 0.2) is 5.82 Å². The molecule has 5 rings (SSSR count). The third kappa shape index (κ3) is 4.80. The van der Waals surface area contributed by atoms with Gasteiger partial charge in [0.1, 0.15) is 23.2 Å². The van der Waals surface area contributed by atoms with Crippen LogP contribution >= 0.6 is 0 Å². The molecular formula is C24H23F2N7O. The van der Waals surface area contributed by atoms with E-state index in [9.17, 15) is 8.78 Å². The molecule has 1 saturated carbocycles. The van der Waals surface area contributed by atoms with Gasteiger partial charge in [-0.2, -0.15) is 20.1 Å². The number of aromatic nitrogens is 5. The van der Waals surface area contributed by atoms with Crippen molar-refractivity contribution in [1.82, 2.24) is 25.1 Å². The van der Waals surface area contributed by atoms with Gasteiger partial charge >= 0.3 is 0 Å². The topological polar surface area (TPSA) is 101 Å². The third-order valence-electron chi connectivity index (χ3n) is 5.59. The number of hydrogen-bond donors (Lipinski definition) is 3. The van der Waals surface area contributed by atoms with Crippen molar-refractivity contribution in [2.75, 3.05) is 17.7 Å². The number of ether oxygens (including phenoxy) is 1. The van der Waals surface area contributed by atoms with Crippen LogP contribution in [0.25, 0.3) is 11.3 Å². The molecule has 1 atom stereocenters. The van der Waals surface area contributed by atoms with Crippen LogP contribution in [0.3, 0.4) is 0 Å². The van der Waals surface area contributed by atoms with Crippen LogP contribution in [0.15, 0.2) is 48.5 Å². The van der Waals surface area contributed by atoms with Crippen molar-refractivity contribution >= 4 is 17.7 Å². The standard InChI is InChI=1S/C24H23F2N7O/c1-13(18-10-7-16(25)11-19(18)26)27-23-29-22(15-3-4-15)30-24(31-23)28-21-12-20(32-33-21)14-5-8-17(34-2)9-6-14/h5-13,15H,3-4H2,1-2H3,(H3,27,28,29,30,31,32,33). The maximum absolute atomic E-state index is 14.2. The van der Waals surface area contributed by atoms with E-state index in [0.717, 1.165) is 35.9 Å². The maximum atomic E-state index is 14.2. The molecule has 3 N–H and O–H groups in total. The average molecular weight is 463 g/mol. The summed E-state index contributed by atoms with van der Waals surface area (Å²) in [5.74, 6) is 1.65. The number of hydrogen-bond acceptors (Lipinski definition) is 7. The Balaban J connectivity index is 1.36. The van der Waals surface area contributed by atoms with Crippen LogP contribution in [0, 0.1) is 11.6 Å². The van der Waals surface area contributed by atoms with Crippen molar-refractivity contribution in [3.8, 4) is 17.0 Å². The Labute approximate surface area is 194 Å². The fourth-order valence-electron chi connectivity index (χ4n) is 3.58. The van der Waals surface area contributed by atoms with Crippen molar-refractivity contribution in [2.45, 2.75) is 31.7 Å². The van der Waals surface area contributed by atoms with Gasteiger partial charge in [-0.1, -0.05) is 6.07 Å². The molecule has 4 aromatic rings. The molecule has 1 unspecified atom stereocenters. The average Bonchev–Trinajstić information content (AvgIpc) is 3.58. The Morgan fingerprint density at radius 1 is 1.00 bits per heavy atom. The van der Waals surface area contributed by atoms with Gasteiger partial charge in [-0.05, 0) is 55.7 Å². The fourth-order valence-corrected chi connectivity index (χ4v) is 3.58. The quantitative estimate of drug-likeness (QED) is 0.324. The third-order valence-corrected chi connectivity index (χ3v) is 5.59. The van der Waals surface area contributed by atoms with Gasteiger partial charge in [-0.15, -0.1) is 0 Å². The van der Waals surface area contributed by atoms with E-state index in [1.54, 1.807) is 14.0 Å². The minimum Gasteiger partial charge on any atom is -0.497 e. The van der Waals surface area contributed by atoms with Gasteiger partial charge < -0.3 is 15.4 Å². The number of benzene rings is 2. The first-order chi connectivity index (χ1) is 16.5. The normalized spacial score (nSPS) is 14.0. The molecule has 1 aliphatic rings. The number of aromatic amines is 1. The first-order valence-corrected chi connectivity index (χ1v) is 10.9. The minimum absolute atomic E-state index is 0.274. The maximum Gasteiger partial charge on any atom is 0.233 e. The van der Waals surface area contributed by atoms with E-state index in [0.29, 0.717) is 29.1 Å². The lowest BCUT2D eigenvalue weighted by Gasteiger charge is -2.16. The Bertz CT molecular complexity index is 1310. The smallest absolute Gasteiger partial charge is 0.233 e. The van der Waals surface area contributed by atoms with Gasteiger partial charge in [-0.25, -0.2) is 8.78 Å². The van der Waals surface area contributed by atoms with E-state index in [2.05, 4.69) is 35.8 Å². The van der Waals surface area contributed by atoms with Crippen molar-refractivity contribution in [2.24, 2.45) is 0 Å². The van der Waals surface area contributed by atoms with E-state index < -0.39 is 17.7 Å². The number of anilines is 3. The summed E-state index contributed by atoms with van der Waals surface area (Å²) < 4.78 is 32.7. The first kappa shape index (κ1) is 21.7. The van der Waals surface area contributed by atoms with Gasteiger partial charge in [0, 0.05) is 23.6 Å². The number of nitrogens with zero attached hydrogens (tertiary/aromatic N) is 4. The molecule has 8 nitrogen and oxygen atoms in total. The zero-order valence-electron chi connectivity index (χ0n) is 18.6. The summed E-state index contributed by atoms with van der Waals surface area (Å²) in [6.45, 7) is 1.76. The van der Waals surface area contributed by atoms with Crippen LogP contribution < -0.4 is 15.4 Å². The van der Waals surface area contributed by atoms with E-state index in [1.807, 2.05) is 30.3 Å². The lowest BCUT2D eigenvalue weighted by molar-refractivity contribution is 0.415. The zero-order chi connectivity index (χ0) is 23.7. The number of nitrogens with one attached hydrogen (secondary N) is 3. The number of halogens is 2. The molecule has 2 aromatic carbocycles. The number of H-pyrrole nitrogens is 1. The van der Waals surface area contributed by atoms with Gasteiger partial charge in [0.05, 0.1) is 18.8 Å². The highest BCUT2D eigenvalue weighted by Crippen LogP contribution is 2.39. The Morgan fingerprint density at radius 3 is 2.47 bits per heavy atom. The van der Waals surface area contributed by atoms with Crippen molar-refractivity contribution in [1.29, 1.82) is 0 Å². The molecule has 0 saturated heterocycles. The Hall–Kier alpha value is -4.08. The number of methoxy groups -OCH3 is 1. The highest BCUT2D eigenvalue weighted by atomic mass is 19.1. The first-order valence-electron chi connectivity index (χ1n) is 10.9. The van der Waals surface area contributed by atoms with Crippen molar-refractivity contribution in [3.63, 3.8) is 0 Å². The molecule has 1 fully saturated rings. The fraction of sp³-hybridized carbons (Fsp3) is 0.250. The highest BCUT2D eigenvalue weighted by Gasteiger charge is 2.28. The molecule has 2 heterocycles. The second-order valence-electron chi connectivity index (χ2n) is 8.17.